The van der Waals surface area contributed by atoms with Gasteiger partial charge >= 0.3 is 11.9 Å². The number of ether oxygens (including phenoxy) is 1. The van der Waals surface area contributed by atoms with E-state index in [0.29, 0.717) is 60.0 Å². The fourth-order valence-electron chi connectivity index (χ4n) is 4.46. The first-order chi connectivity index (χ1) is 21.5. The van der Waals surface area contributed by atoms with Crippen molar-refractivity contribution in [3.05, 3.63) is 104 Å². The van der Waals surface area contributed by atoms with Crippen LogP contribution in [-0.4, -0.2) is 43.3 Å². The summed E-state index contributed by atoms with van der Waals surface area (Å²) in [5, 5.41) is 17.2. The van der Waals surface area contributed by atoms with Crippen LogP contribution in [-0.2, 0) is 18.8 Å². The van der Waals surface area contributed by atoms with Gasteiger partial charge in [0, 0.05) is 14.1 Å². The summed E-state index contributed by atoms with van der Waals surface area (Å²) in [4.78, 5) is 31.6. The van der Waals surface area contributed by atoms with Crippen LogP contribution in [0.25, 0.3) is 22.1 Å². The van der Waals surface area contributed by atoms with Gasteiger partial charge in [-0.05, 0) is 60.7 Å². The molecule has 6 rings (SSSR count). The van der Waals surface area contributed by atoms with E-state index in [0.717, 1.165) is 11.0 Å². The highest BCUT2D eigenvalue weighted by Gasteiger charge is 2.15. The van der Waals surface area contributed by atoms with Crippen LogP contribution in [0.5, 0.6) is 0 Å². The average molecular weight is 686 g/mol. The van der Waals surface area contributed by atoms with E-state index in [1.54, 1.807) is 65.2 Å². The third-order valence-corrected chi connectivity index (χ3v) is 8.09. The fraction of sp³-hybridized carbons (Fsp3) is 0.0968. The lowest BCUT2D eigenvalue weighted by atomic mass is 10.2. The molecule has 0 saturated heterocycles. The Bertz CT molecular complexity index is 2050. The van der Waals surface area contributed by atoms with Crippen LogP contribution >= 0.6 is 46.4 Å². The van der Waals surface area contributed by atoms with Crippen LogP contribution in [0, 0.1) is 0 Å². The number of nitrogens with one attached hydrogen (secondary N) is 2. The van der Waals surface area contributed by atoms with E-state index in [9.17, 15) is 9.59 Å². The van der Waals surface area contributed by atoms with Crippen molar-refractivity contribution in [2.45, 2.75) is 0 Å². The normalized spacial score (nSPS) is 10.8. The Morgan fingerprint density at radius 3 is 1.49 bits per heavy atom. The Morgan fingerprint density at radius 1 is 0.689 bits per heavy atom. The number of hydrogen-bond donors (Lipinski definition) is 3. The molecule has 0 aliphatic carbocycles. The van der Waals surface area contributed by atoms with Gasteiger partial charge in [0.2, 0.25) is 11.9 Å². The van der Waals surface area contributed by atoms with Gasteiger partial charge in [0.1, 0.15) is 0 Å². The molecule has 10 nitrogen and oxygen atoms in total. The maximum Gasteiger partial charge on any atom is 0.337 e. The molecule has 0 radical (unpaired) electrons. The molecule has 3 N–H and O–H groups in total. The van der Waals surface area contributed by atoms with Crippen molar-refractivity contribution >= 4 is 104 Å². The van der Waals surface area contributed by atoms with Crippen LogP contribution < -0.4 is 10.6 Å². The number of para-hydroxylation sites is 2. The van der Waals surface area contributed by atoms with Gasteiger partial charge in [0.25, 0.3) is 0 Å². The summed E-state index contributed by atoms with van der Waals surface area (Å²) < 4.78 is 8.39. The van der Waals surface area contributed by atoms with Gasteiger partial charge in [0.05, 0.1) is 71.8 Å². The van der Waals surface area contributed by atoms with Gasteiger partial charge < -0.3 is 29.6 Å². The molecule has 0 atom stereocenters. The number of nitrogens with zero attached hydrogens (tertiary/aromatic N) is 4. The van der Waals surface area contributed by atoms with Crippen molar-refractivity contribution in [1.29, 1.82) is 0 Å². The second-order valence-electron chi connectivity index (χ2n) is 9.64. The number of aromatic carboxylic acids is 1. The lowest BCUT2D eigenvalue weighted by molar-refractivity contribution is 0.0600. The van der Waals surface area contributed by atoms with Crippen molar-refractivity contribution in [3.8, 4) is 0 Å². The van der Waals surface area contributed by atoms with Crippen molar-refractivity contribution in [2.75, 3.05) is 17.7 Å². The van der Waals surface area contributed by atoms with Crippen molar-refractivity contribution < 1.29 is 19.4 Å². The number of hydrogen-bond acceptors (Lipinski definition) is 7. The van der Waals surface area contributed by atoms with Crippen LogP contribution in [0.2, 0.25) is 20.1 Å². The number of carbonyl (C=O) groups is 2. The quantitative estimate of drug-likeness (QED) is 0.149. The zero-order chi connectivity index (χ0) is 32.4. The third-order valence-electron chi connectivity index (χ3n) is 6.83. The molecule has 0 unspecified atom stereocenters. The molecule has 0 spiro atoms. The first-order valence-electron chi connectivity index (χ1n) is 13.1. The highest BCUT2D eigenvalue weighted by molar-refractivity contribution is 6.39. The standard InChI is InChI=1S/C16H13Cl2N3O2.C15H11Cl2N3O2/c1-21-13-7-6-9(15(22)23-2)8-12(13)19-16(21)20-14-10(17)4-3-5-11(14)18;1-20-12-6-5-8(14(21)22)7-11(12)18-15(20)19-13-9(16)3-2-4-10(13)17/h3-8H,1-2H3,(H,19,20);2-7H,1H3,(H,18,19)(H,21,22). The van der Waals surface area contributed by atoms with Gasteiger partial charge in [-0.15, -0.1) is 0 Å². The number of rotatable bonds is 6. The van der Waals surface area contributed by atoms with Crippen molar-refractivity contribution in [2.24, 2.45) is 14.1 Å². The van der Waals surface area contributed by atoms with Gasteiger partial charge in [-0.2, -0.15) is 0 Å². The van der Waals surface area contributed by atoms with Crippen LogP contribution in [0.15, 0.2) is 72.8 Å². The van der Waals surface area contributed by atoms with E-state index < -0.39 is 11.9 Å². The molecule has 6 aromatic rings. The van der Waals surface area contributed by atoms with Crippen LogP contribution in [0.4, 0.5) is 23.3 Å². The molecule has 45 heavy (non-hydrogen) atoms. The number of imidazole rings is 2. The molecule has 0 fully saturated rings. The molecule has 230 valence electrons. The van der Waals surface area contributed by atoms with E-state index >= 15 is 0 Å². The van der Waals surface area contributed by atoms with E-state index in [2.05, 4.69) is 20.6 Å². The number of aryl methyl sites for hydroxylation is 2. The number of carbonyl (C=O) groups excluding carboxylic acids is 1. The zero-order valence-electron chi connectivity index (χ0n) is 23.9. The maximum atomic E-state index is 11.6. The van der Waals surface area contributed by atoms with Crippen LogP contribution in [0.1, 0.15) is 20.7 Å². The molecule has 14 heteroatoms. The molecule has 4 aromatic carbocycles. The summed E-state index contributed by atoms with van der Waals surface area (Å²) in [6.07, 6.45) is 0. The molecule has 0 saturated carbocycles. The SMILES string of the molecule is COC(=O)c1ccc2c(c1)nc(Nc1c(Cl)cccc1Cl)n2C.Cn1c(Nc2c(Cl)cccc2Cl)nc2cc(C(=O)O)ccc21. The number of benzene rings is 4. The lowest BCUT2D eigenvalue weighted by Gasteiger charge is -2.09. The monoisotopic (exact) mass is 684 g/mol. The van der Waals surface area contributed by atoms with Crippen molar-refractivity contribution in [3.63, 3.8) is 0 Å². The minimum absolute atomic E-state index is 0.188. The number of halogens is 4. The smallest absolute Gasteiger partial charge is 0.337 e. The number of methoxy groups -OCH3 is 1. The van der Waals surface area contributed by atoms with Crippen LogP contribution in [0.3, 0.4) is 0 Å². The van der Waals surface area contributed by atoms with E-state index in [1.807, 2.05) is 24.7 Å². The molecular formula is C31H24Cl4N6O4. The molecule has 0 amide bonds. The predicted molar refractivity (Wildman–Crippen MR) is 179 cm³/mol. The number of aromatic nitrogens is 4. The second kappa shape index (κ2) is 13.3. The summed E-state index contributed by atoms with van der Waals surface area (Å²) in [5.74, 6) is -0.304. The fourth-order valence-corrected chi connectivity index (χ4v) is 5.44. The first kappa shape index (κ1) is 31.9. The first-order valence-corrected chi connectivity index (χ1v) is 14.7. The van der Waals surface area contributed by atoms with Gasteiger partial charge in [-0.3, -0.25) is 0 Å². The molecule has 2 aromatic heterocycles. The van der Waals surface area contributed by atoms with E-state index in [4.69, 9.17) is 56.2 Å². The second-order valence-corrected chi connectivity index (χ2v) is 11.3. The highest BCUT2D eigenvalue weighted by Crippen LogP contribution is 2.34. The Morgan fingerprint density at radius 2 is 1.09 bits per heavy atom. The molecule has 0 aliphatic heterocycles. The summed E-state index contributed by atoms with van der Waals surface area (Å²) in [6.45, 7) is 0. The van der Waals surface area contributed by atoms with E-state index in [1.165, 1.54) is 13.2 Å². The zero-order valence-corrected chi connectivity index (χ0v) is 26.9. The number of carboxylic acids is 1. The molecular weight excluding hydrogens is 662 g/mol. The Kier molecular flexibility index (Phi) is 9.40. The summed E-state index contributed by atoms with van der Waals surface area (Å²) in [6, 6.07) is 20.4. The molecule has 2 heterocycles. The summed E-state index contributed by atoms with van der Waals surface area (Å²) in [7, 11) is 5.03. The minimum atomic E-state index is -0.990. The van der Waals surface area contributed by atoms with Crippen molar-refractivity contribution in [1.82, 2.24) is 19.1 Å². The van der Waals surface area contributed by atoms with E-state index in [-0.39, 0.29) is 5.56 Å². The number of fused-ring (bicyclic) bond motifs is 2. The Hall–Kier alpha value is -4.48. The summed E-state index contributed by atoms with van der Waals surface area (Å²) in [5.41, 5.74) is 4.69. The number of anilines is 4. The topological polar surface area (TPSA) is 123 Å². The molecule has 0 bridgehead atoms. The largest absolute Gasteiger partial charge is 0.478 e. The lowest BCUT2D eigenvalue weighted by Crippen LogP contribution is -2.01. The van der Waals surface area contributed by atoms with Gasteiger partial charge in [0.15, 0.2) is 0 Å². The average Bonchev–Trinajstić information content (AvgIpc) is 3.51. The predicted octanol–water partition coefficient (Wildman–Crippen LogP) is 8.73. The summed E-state index contributed by atoms with van der Waals surface area (Å²) >= 11 is 24.6. The number of carboxylic acid groups (broad SMARTS) is 1. The number of esters is 1. The third kappa shape index (κ3) is 6.64. The van der Waals surface area contributed by atoms with Gasteiger partial charge in [-0.1, -0.05) is 58.5 Å². The van der Waals surface area contributed by atoms with Gasteiger partial charge in [-0.25, -0.2) is 19.6 Å². The highest BCUT2D eigenvalue weighted by atomic mass is 35.5. The maximum absolute atomic E-state index is 11.6. The minimum Gasteiger partial charge on any atom is -0.478 e. The Balaban J connectivity index is 0.000000178. The Labute approximate surface area is 277 Å². The molecule has 0 aliphatic rings.